The van der Waals surface area contributed by atoms with Crippen molar-refractivity contribution in [3.63, 3.8) is 0 Å². The van der Waals surface area contributed by atoms with Crippen LogP contribution in [-0.2, 0) is 17.9 Å². The van der Waals surface area contributed by atoms with E-state index in [2.05, 4.69) is 34.1 Å². The molecule has 0 aromatic heterocycles. The van der Waals surface area contributed by atoms with Crippen LogP contribution in [0.25, 0.3) is 0 Å². The maximum atomic E-state index is 13.5. The van der Waals surface area contributed by atoms with Crippen molar-refractivity contribution in [2.45, 2.75) is 44.3 Å². The molecule has 2 aliphatic heterocycles. The Labute approximate surface area is 160 Å². The minimum atomic E-state index is -0.313. The second-order valence-electron chi connectivity index (χ2n) is 7.50. The molecule has 2 heterocycles. The van der Waals surface area contributed by atoms with E-state index in [0.717, 1.165) is 56.9 Å². The van der Waals surface area contributed by atoms with Crippen molar-refractivity contribution < 1.29 is 4.79 Å². The summed E-state index contributed by atoms with van der Waals surface area (Å²) in [5.41, 5.74) is 2.12. The topological polar surface area (TPSA) is 23.6 Å². The molecule has 2 aliphatic rings. The van der Waals surface area contributed by atoms with Gasteiger partial charge in [-0.2, -0.15) is 0 Å². The lowest BCUT2D eigenvalue weighted by Crippen LogP contribution is -2.59. The molecule has 2 aromatic carbocycles. The molecule has 1 amide bonds. The third-order valence-electron chi connectivity index (χ3n) is 5.83. The van der Waals surface area contributed by atoms with Crippen molar-refractivity contribution in [1.29, 1.82) is 0 Å². The first-order valence-corrected chi connectivity index (χ1v) is 9.88. The minimum Gasteiger partial charge on any atom is -0.337 e. The van der Waals surface area contributed by atoms with E-state index in [1.807, 2.05) is 30.3 Å². The van der Waals surface area contributed by atoms with Gasteiger partial charge in [-0.3, -0.25) is 9.69 Å². The standard InChI is InChI=1S/C22H25ClN2O/c23-20-10-8-19(9-11-20)17-25-15-5-13-22(25)12-4-14-24(21(22)26)16-18-6-2-1-3-7-18/h1-3,6-11H,4-5,12-17H2. The highest BCUT2D eigenvalue weighted by molar-refractivity contribution is 6.30. The Morgan fingerprint density at radius 2 is 1.50 bits per heavy atom. The summed E-state index contributed by atoms with van der Waals surface area (Å²) >= 11 is 6.02. The lowest BCUT2D eigenvalue weighted by molar-refractivity contribution is -0.148. The van der Waals surface area contributed by atoms with E-state index in [1.165, 1.54) is 11.1 Å². The fourth-order valence-electron chi connectivity index (χ4n) is 4.52. The summed E-state index contributed by atoms with van der Waals surface area (Å²) in [6.07, 6.45) is 4.13. The average molecular weight is 369 g/mol. The minimum absolute atomic E-state index is 0.313. The molecule has 2 fully saturated rings. The number of carbonyl (C=O) groups is 1. The van der Waals surface area contributed by atoms with Gasteiger partial charge in [0, 0.05) is 24.7 Å². The molecule has 1 unspecified atom stereocenters. The fraction of sp³-hybridized carbons (Fsp3) is 0.409. The van der Waals surface area contributed by atoms with E-state index in [0.29, 0.717) is 5.91 Å². The second-order valence-corrected chi connectivity index (χ2v) is 7.94. The molecule has 1 spiro atoms. The van der Waals surface area contributed by atoms with Crippen LogP contribution in [0.1, 0.15) is 36.8 Å². The number of benzene rings is 2. The lowest BCUT2D eigenvalue weighted by Gasteiger charge is -2.44. The van der Waals surface area contributed by atoms with Crippen molar-refractivity contribution in [2.75, 3.05) is 13.1 Å². The van der Waals surface area contributed by atoms with Crippen molar-refractivity contribution in [3.05, 3.63) is 70.7 Å². The highest BCUT2D eigenvalue weighted by atomic mass is 35.5. The predicted octanol–water partition coefficient (Wildman–Crippen LogP) is 4.50. The quantitative estimate of drug-likeness (QED) is 0.793. The molecular formula is C22H25ClN2O. The summed E-state index contributed by atoms with van der Waals surface area (Å²) in [5, 5.41) is 0.757. The summed E-state index contributed by atoms with van der Waals surface area (Å²) in [5.74, 6) is 0.319. The Kier molecular flexibility index (Phi) is 5.01. The third-order valence-corrected chi connectivity index (χ3v) is 6.08. The van der Waals surface area contributed by atoms with Gasteiger partial charge in [-0.05, 0) is 55.5 Å². The molecule has 0 aliphatic carbocycles. The first-order valence-electron chi connectivity index (χ1n) is 9.50. The monoisotopic (exact) mass is 368 g/mol. The van der Waals surface area contributed by atoms with E-state index >= 15 is 0 Å². The van der Waals surface area contributed by atoms with Crippen LogP contribution in [0.4, 0.5) is 0 Å². The number of rotatable bonds is 4. The van der Waals surface area contributed by atoms with Gasteiger partial charge in [0.1, 0.15) is 5.54 Å². The van der Waals surface area contributed by atoms with Gasteiger partial charge in [-0.1, -0.05) is 54.1 Å². The van der Waals surface area contributed by atoms with Gasteiger partial charge in [0.05, 0.1) is 0 Å². The first-order chi connectivity index (χ1) is 12.7. The highest BCUT2D eigenvalue weighted by Gasteiger charge is 2.50. The Bertz CT molecular complexity index is 761. The summed E-state index contributed by atoms with van der Waals surface area (Å²) in [7, 11) is 0. The number of carbonyl (C=O) groups excluding carboxylic acids is 1. The Balaban J connectivity index is 1.53. The zero-order valence-electron chi connectivity index (χ0n) is 15.0. The van der Waals surface area contributed by atoms with Crippen LogP contribution in [0.5, 0.6) is 0 Å². The molecule has 4 heteroatoms. The van der Waals surface area contributed by atoms with Crippen LogP contribution in [0.2, 0.25) is 5.02 Å². The summed E-state index contributed by atoms with van der Waals surface area (Å²) < 4.78 is 0. The first kappa shape index (κ1) is 17.6. The number of nitrogens with zero attached hydrogens (tertiary/aromatic N) is 2. The van der Waals surface area contributed by atoms with Crippen LogP contribution in [0.3, 0.4) is 0 Å². The molecule has 0 radical (unpaired) electrons. The third kappa shape index (κ3) is 3.38. The van der Waals surface area contributed by atoms with Crippen molar-refractivity contribution >= 4 is 17.5 Å². The van der Waals surface area contributed by atoms with Gasteiger partial charge in [-0.25, -0.2) is 0 Å². The van der Waals surface area contributed by atoms with Gasteiger partial charge in [0.15, 0.2) is 0 Å². The Morgan fingerprint density at radius 3 is 2.23 bits per heavy atom. The molecule has 0 N–H and O–H groups in total. The van der Waals surface area contributed by atoms with E-state index in [1.54, 1.807) is 0 Å². The van der Waals surface area contributed by atoms with Gasteiger partial charge in [0.2, 0.25) is 5.91 Å². The molecule has 2 aromatic rings. The molecule has 136 valence electrons. The number of hydrogen-bond donors (Lipinski definition) is 0. The molecule has 3 nitrogen and oxygen atoms in total. The molecule has 0 bridgehead atoms. The van der Waals surface area contributed by atoms with E-state index in [4.69, 9.17) is 11.6 Å². The van der Waals surface area contributed by atoms with Gasteiger partial charge in [0.25, 0.3) is 0 Å². The average Bonchev–Trinajstić information content (AvgIpc) is 3.05. The maximum absolute atomic E-state index is 13.5. The van der Waals surface area contributed by atoms with Crippen molar-refractivity contribution in [3.8, 4) is 0 Å². The second kappa shape index (κ2) is 7.42. The van der Waals surface area contributed by atoms with Crippen LogP contribution in [0.15, 0.2) is 54.6 Å². The summed E-state index contributed by atoms with van der Waals surface area (Å²) in [6, 6.07) is 18.3. The number of hydrogen-bond acceptors (Lipinski definition) is 2. The van der Waals surface area contributed by atoms with E-state index < -0.39 is 0 Å². The van der Waals surface area contributed by atoms with Crippen LogP contribution in [-0.4, -0.2) is 34.3 Å². The number of likely N-dealkylation sites (tertiary alicyclic amines) is 2. The molecular weight excluding hydrogens is 344 g/mol. The lowest BCUT2D eigenvalue weighted by atomic mass is 9.85. The number of amides is 1. The van der Waals surface area contributed by atoms with Crippen LogP contribution in [0, 0.1) is 0 Å². The summed E-state index contributed by atoms with van der Waals surface area (Å²) in [4.78, 5) is 18.0. The normalized spacial score (nSPS) is 23.7. The molecule has 26 heavy (non-hydrogen) atoms. The van der Waals surface area contributed by atoms with Crippen LogP contribution < -0.4 is 0 Å². The molecule has 0 saturated carbocycles. The Morgan fingerprint density at radius 1 is 0.846 bits per heavy atom. The smallest absolute Gasteiger partial charge is 0.243 e. The summed E-state index contributed by atoms with van der Waals surface area (Å²) in [6.45, 7) is 3.40. The predicted molar refractivity (Wildman–Crippen MR) is 105 cm³/mol. The number of piperidine rings is 1. The Hall–Kier alpha value is -1.84. The molecule has 4 rings (SSSR count). The highest BCUT2D eigenvalue weighted by Crippen LogP contribution is 2.39. The van der Waals surface area contributed by atoms with E-state index in [9.17, 15) is 4.79 Å². The zero-order valence-corrected chi connectivity index (χ0v) is 15.8. The van der Waals surface area contributed by atoms with Gasteiger partial charge in [-0.15, -0.1) is 0 Å². The van der Waals surface area contributed by atoms with Crippen molar-refractivity contribution in [2.24, 2.45) is 0 Å². The largest absolute Gasteiger partial charge is 0.337 e. The van der Waals surface area contributed by atoms with Gasteiger partial charge >= 0.3 is 0 Å². The molecule has 1 atom stereocenters. The van der Waals surface area contributed by atoms with E-state index in [-0.39, 0.29) is 5.54 Å². The van der Waals surface area contributed by atoms with Crippen molar-refractivity contribution in [1.82, 2.24) is 9.80 Å². The fourth-order valence-corrected chi connectivity index (χ4v) is 4.65. The van der Waals surface area contributed by atoms with Crippen LogP contribution >= 0.6 is 11.6 Å². The number of halogens is 1. The van der Waals surface area contributed by atoms with Gasteiger partial charge < -0.3 is 4.90 Å². The maximum Gasteiger partial charge on any atom is 0.243 e. The molecule has 2 saturated heterocycles. The zero-order chi connectivity index (χ0) is 18.0. The SMILES string of the molecule is O=C1N(Cc2ccccc2)CCCC12CCCN2Cc1ccc(Cl)cc1.